The van der Waals surface area contributed by atoms with Crippen molar-refractivity contribution in [3.63, 3.8) is 0 Å². The van der Waals surface area contributed by atoms with Gasteiger partial charge in [0.1, 0.15) is 11.4 Å². The maximum Gasteiger partial charge on any atom is 0.384 e. The molecule has 1 N–H and O–H groups in total. The van der Waals surface area contributed by atoms with E-state index in [0.29, 0.717) is 11.4 Å². The van der Waals surface area contributed by atoms with Crippen molar-refractivity contribution in [1.82, 2.24) is 0 Å². The zero-order valence-corrected chi connectivity index (χ0v) is 21.2. The molecule has 6 heteroatoms. The van der Waals surface area contributed by atoms with Crippen molar-refractivity contribution in [1.29, 1.82) is 0 Å². The minimum Gasteiger partial charge on any atom is -0.493 e. The van der Waals surface area contributed by atoms with Crippen LogP contribution in [0.2, 0.25) is 5.02 Å². The summed E-state index contributed by atoms with van der Waals surface area (Å²) in [6.45, 7) is 0. The zero-order chi connectivity index (χ0) is 24.3. The highest BCUT2D eigenvalue weighted by Crippen LogP contribution is 2.49. The molecule has 0 bridgehead atoms. The van der Waals surface area contributed by atoms with E-state index in [1.165, 1.54) is 19.3 Å². The van der Waals surface area contributed by atoms with E-state index in [2.05, 4.69) is 11.1 Å². The summed E-state index contributed by atoms with van der Waals surface area (Å²) in [6.07, 6.45) is 13.0. The minimum atomic E-state index is -0.0885. The molecule has 1 atom stereocenters. The summed E-state index contributed by atoms with van der Waals surface area (Å²) in [5.41, 5.74) is 2.07. The molecule has 1 aliphatic heterocycles. The quantitative estimate of drug-likeness (QED) is 0.513. The van der Waals surface area contributed by atoms with Gasteiger partial charge in [0, 0.05) is 17.0 Å². The number of nitrogens with one attached hydrogen (secondary N) is 1. The number of benzene rings is 2. The molecule has 5 rings (SSSR count). The zero-order valence-electron chi connectivity index (χ0n) is 20.5. The van der Waals surface area contributed by atoms with Gasteiger partial charge in [0.25, 0.3) is 0 Å². The van der Waals surface area contributed by atoms with Crippen LogP contribution >= 0.6 is 11.6 Å². The number of rotatable bonds is 8. The van der Waals surface area contributed by atoms with E-state index in [0.717, 1.165) is 73.3 Å². The monoisotopic (exact) mass is 496 g/mol. The van der Waals surface area contributed by atoms with Gasteiger partial charge in [-0.05, 0) is 87.6 Å². The molecular formula is C29H35ClNO4+. The third-order valence-electron chi connectivity index (χ3n) is 7.72. The highest BCUT2D eigenvalue weighted by atomic mass is 35.5. The molecule has 0 radical (unpaired) electrons. The van der Waals surface area contributed by atoms with Gasteiger partial charge >= 0.3 is 5.91 Å². The lowest BCUT2D eigenvalue weighted by atomic mass is 9.71. The Kier molecular flexibility index (Phi) is 7.33. The molecule has 2 aromatic rings. The molecule has 0 saturated heterocycles. The van der Waals surface area contributed by atoms with Gasteiger partial charge in [0.05, 0.1) is 25.6 Å². The molecule has 2 aromatic carbocycles. The minimum absolute atomic E-state index is 0.0314. The second kappa shape index (κ2) is 10.6. The van der Waals surface area contributed by atoms with E-state index in [-0.39, 0.29) is 23.5 Å². The second-order valence-corrected chi connectivity index (χ2v) is 10.6. The summed E-state index contributed by atoms with van der Waals surface area (Å²) in [5, 5.41) is 0.690. The Morgan fingerprint density at radius 2 is 2.03 bits per heavy atom. The fourth-order valence-electron chi connectivity index (χ4n) is 5.64. The van der Waals surface area contributed by atoms with Crippen molar-refractivity contribution in [2.45, 2.75) is 88.3 Å². The van der Waals surface area contributed by atoms with Crippen molar-refractivity contribution in [3.8, 4) is 17.2 Å². The third-order valence-corrected chi connectivity index (χ3v) is 7.95. The van der Waals surface area contributed by atoms with Gasteiger partial charge in [-0.1, -0.05) is 23.7 Å². The molecule has 1 amide bonds. The summed E-state index contributed by atoms with van der Waals surface area (Å²) in [7, 11) is 1.68. The number of carbonyl (C=O) groups excluding carboxylic acids is 1. The van der Waals surface area contributed by atoms with Crippen LogP contribution in [0.15, 0.2) is 36.4 Å². The first-order valence-electron chi connectivity index (χ1n) is 13.0. The van der Waals surface area contributed by atoms with Gasteiger partial charge in [0.15, 0.2) is 17.7 Å². The Balaban J connectivity index is 1.21. The number of methoxy groups -OCH3 is 1. The fraction of sp³-hybridized carbons (Fsp3) is 0.517. The highest BCUT2D eigenvalue weighted by molar-refractivity contribution is 6.30. The van der Waals surface area contributed by atoms with E-state index in [9.17, 15) is 4.79 Å². The average molecular weight is 497 g/mol. The number of halogens is 1. The van der Waals surface area contributed by atoms with Crippen molar-refractivity contribution >= 4 is 23.7 Å². The molecule has 5 nitrogen and oxygen atoms in total. The number of hydrogen-bond donors (Lipinski definition) is 1. The smallest absolute Gasteiger partial charge is 0.384 e. The second-order valence-electron chi connectivity index (χ2n) is 10.2. The fourth-order valence-corrected chi connectivity index (χ4v) is 5.82. The number of carbonyl (C=O) groups is 1. The van der Waals surface area contributed by atoms with E-state index >= 15 is 0 Å². The predicted molar refractivity (Wildman–Crippen MR) is 137 cm³/mol. The average Bonchev–Trinajstić information content (AvgIpc) is 3.35. The van der Waals surface area contributed by atoms with Crippen LogP contribution in [0.4, 0.5) is 0 Å². The Hall–Kier alpha value is -2.53. The third kappa shape index (κ3) is 5.50. The first-order valence-corrected chi connectivity index (χ1v) is 13.4. The molecule has 35 heavy (non-hydrogen) atoms. The number of hydrogen-bond acceptors (Lipinski definition) is 4. The molecule has 1 unspecified atom stereocenters. The molecule has 186 valence electrons. The lowest BCUT2D eigenvalue weighted by Gasteiger charge is -2.46. The van der Waals surface area contributed by atoms with Gasteiger partial charge < -0.3 is 14.2 Å². The first kappa shape index (κ1) is 24.2. The van der Waals surface area contributed by atoms with Crippen LogP contribution < -0.4 is 19.2 Å². The van der Waals surface area contributed by atoms with Crippen LogP contribution in [0.1, 0.15) is 81.3 Å². The Labute approximate surface area is 212 Å². The number of para-hydroxylation sites is 1. The van der Waals surface area contributed by atoms with Crippen LogP contribution in [0.5, 0.6) is 17.2 Å². The van der Waals surface area contributed by atoms with Crippen LogP contribution in [0, 0.1) is 0 Å². The topological polar surface area (TPSA) is 58.7 Å². The number of ether oxygens (including phenoxy) is 3. The predicted octanol–water partition coefficient (Wildman–Crippen LogP) is 5.16. The Bertz CT molecular complexity index is 1090. The van der Waals surface area contributed by atoms with E-state index in [1.54, 1.807) is 7.11 Å². The van der Waals surface area contributed by atoms with Gasteiger partial charge in [-0.15, -0.1) is 0 Å². The number of fused-ring (bicyclic) bond motifs is 1. The van der Waals surface area contributed by atoms with E-state index < -0.39 is 0 Å². The van der Waals surface area contributed by atoms with Gasteiger partial charge in [-0.2, -0.15) is 4.99 Å². The molecule has 0 aromatic heterocycles. The Morgan fingerprint density at radius 3 is 2.77 bits per heavy atom. The number of aryl methyl sites for hydroxylation is 1. The maximum atomic E-state index is 12.7. The molecule has 2 fully saturated rings. The van der Waals surface area contributed by atoms with E-state index in [1.807, 2.05) is 36.5 Å². The van der Waals surface area contributed by atoms with Gasteiger partial charge in [-0.25, -0.2) is 4.79 Å². The summed E-state index contributed by atoms with van der Waals surface area (Å²) in [5.74, 6) is 2.64. The van der Waals surface area contributed by atoms with Crippen LogP contribution in [0.25, 0.3) is 0 Å². The molecule has 1 heterocycles. The van der Waals surface area contributed by atoms with Gasteiger partial charge in [-0.3, -0.25) is 0 Å². The number of amides is 1. The molecule has 2 saturated carbocycles. The molecule has 1 spiro atoms. The lowest BCUT2D eigenvalue weighted by Crippen LogP contribution is -2.74. The normalized spacial score (nSPS) is 20.9. The van der Waals surface area contributed by atoms with Crippen molar-refractivity contribution in [2.24, 2.45) is 0 Å². The summed E-state index contributed by atoms with van der Waals surface area (Å²) in [6, 6.07) is 11.8. The van der Waals surface area contributed by atoms with Crippen molar-refractivity contribution < 1.29 is 24.0 Å². The largest absolute Gasteiger partial charge is 0.493 e. The van der Waals surface area contributed by atoms with Crippen LogP contribution in [-0.4, -0.2) is 30.9 Å². The summed E-state index contributed by atoms with van der Waals surface area (Å²) >= 11 is 6.26. The van der Waals surface area contributed by atoms with Crippen molar-refractivity contribution in [3.05, 3.63) is 52.5 Å². The summed E-state index contributed by atoms with van der Waals surface area (Å²) in [4.78, 5) is 15.8. The van der Waals surface area contributed by atoms with Gasteiger partial charge in [0.2, 0.25) is 0 Å². The Morgan fingerprint density at radius 1 is 1.20 bits per heavy atom. The van der Waals surface area contributed by atoms with Crippen LogP contribution in [0.3, 0.4) is 0 Å². The van der Waals surface area contributed by atoms with E-state index in [4.69, 9.17) is 25.8 Å². The maximum absolute atomic E-state index is 12.7. The standard InChI is InChI=1S/C29H34ClNO4/c1-33-26-11-4-7-20(28(26)34-23-9-2-3-10-23)8-5-12-27(32)31-19-21-18-29(15-6-16-29)35-25-14-13-22(30)17-24(21)25/h4,7,11,13-14,17,19,21,23H,2-3,5-6,8-10,12,15-16,18H2,1H3/p+1. The molecule has 2 aliphatic carbocycles. The summed E-state index contributed by atoms with van der Waals surface area (Å²) < 4.78 is 18.2. The highest BCUT2D eigenvalue weighted by Gasteiger charge is 2.46. The first-order chi connectivity index (χ1) is 17.0. The molecule has 3 aliphatic rings. The molecular weight excluding hydrogens is 462 g/mol. The SMILES string of the molecule is COc1cccc(CCCC(=O)[NH+]=CC2CC3(CCC3)Oc3ccc(Cl)cc32)c1OC1CCCC1. The van der Waals surface area contributed by atoms with Crippen LogP contribution in [-0.2, 0) is 11.2 Å². The van der Waals surface area contributed by atoms with Crippen molar-refractivity contribution in [2.75, 3.05) is 7.11 Å². The lowest BCUT2D eigenvalue weighted by molar-refractivity contribution is -0.375.